The molecule has 0 radical (unpaired) electrons. The van der Waals surface area contributed by atoms with Crippen molar-refractivity contribution >= 4 is 17.5 Å². The molecule has 2 aromatic rings. The topological polar surface area (TPSA) is 49.3 Å². The Kier molecular flexibility index (Phi) is 4.83. The van der Waals surface area contributed by atoms with Crippen molar-refractivity contribution in [1.29, 1.82) is 0 Å². The largest absolute Gasteiger partial charge is 0.333 e. The van der Waals surface area contributed by atoms with E-state index in [2.05, 4.69) is 38.9 Å². The van der Waals surface area contributed by atoms with Gasteiger partial charge in [-0.3, -0.25) is 4.79 Å². The van der Waals surface area contributed by atoms with Crippen LogP contribution >= 0.6 is 11.6 Å². The van der Waals surface area contributed by atoms with Crippen molar-refractivity contribution in [3.8, 4) is 0 Å². The summed E-state index contributed by atoms with van der Waals surface area (Å²) < 4.78 is 0. The van der Waals surface area contributed by atoms with Gasteiger partial charge in [-0.2, -0.15) is 0 Å². The highest BCUT2D eigenvalue weighted by atomic mass is 35.5. The SMILES string of the molecule is CN1CCC2(CC1)CCN2C(=O)c1cnc(CC2Cc3ccc(Cl)cc3C2)nc1. The number of likely N-dealkylation sites (tertiary alicyclic amines) is 2. The summed E-state index contributed by atoms with van der Waals surface area (Å²) in [6.45, 7) is 2.98. The standard InChI is InChI=1S/C23H27ClN4O/c1-27-7-4-23(5-8-27)6-9-28(23)22(29)19-14-25-21(26-15-19)12-16-10-17-2-3-20(24)13-18(17)11-16/h2-3,13-16H,4-12H2,1H3. The maximum atomic E-state index is 13.0. The third-order valence-electron chi connectivity index (χ3n) is 7.15. The molecule has 1 aromatic carbocycles. The Labute approximate surface area is 177 Å². The normalized spacial score (nSPS) is 23.1. The molecule has 3 aliphatic rings. The third kappa shape index (κ3) is 3.55. The molecule has 0 bridgehead atoms. The number of hydrogen-bond acceptors (Lipinski definition) is 4. The van der Waals surface area contributed by atoms with Crippen molar-refractivity contribution in [1.82, 2.24) is 19.8 Å². The van der Waals surface area contributed by atoms with E-state index in [-0.39, 0.29) is 11.4 Å². The van der Waals surface area contributed by atoms with Gasteiger partial charge >= 0.3 is 0 Å². The van der Waals surface area contributed by atoms with Crippen LogP contribution in [0, 0.1) is 5.92 Å². The van der Waals surface area contributed by atoms with Gasteiger partial charge in [0.05, 0.1) is 5.56 Å². The van der Waals surface area contributed by atoms with Crippen LogP contribution in [0.4, 0.5) is 0 Å². The summed E-state index contributed by atoms with van der Waals surface area (Å²) in [5.41, 5.74) is 3.41. The van der Waals surface area contributed by atoms with E-state index in [9.17, 15) is 4.79 Å². The number of amides is 1. The van der Waals surface area contributed by atoms with Crippen LogP contribution in [0.25, 0.3) is 0 Å². The molecule has 0 N–H and O–H groups in total. The van der Waals surface area contributed by atoms with Crippen molar-refractivity contribution in [2.45, 2.75) is 44.1 Å². The van der Waals surface area contributed by atoms with Gasteiger partial charge in [-0.25, -0.2) is 9.97 Å². The van der Waals surface area contributed by atoms with Gasteiger partial charge in [0.15, 0.2) is 0 Å². The van der Waals surface area contributed by atoms with Crippen LogP contribution in [-0.4, -0.2) is 57.9 Å². The van der Waals surface area contributed by atoms with E-state index in [0.717, 1.165) is 69.0 Å². The fraction of sp³-hybridized carbons (Fsp3) is 0.522. The number of fused-ring (bicyclic) bond motifs is 1. The maximum Gasteiger partial charge on any atom is 0.257 e. The molecule has 2 saturated heterocycles. The first-order chi connectivity index (χ1) is 14.0. The lowest BCUT2D eigenvalue weighted by molar-refractivity contribution is -0.0350. The Morgan fingerprint density at radius 3 is 2.48 bits per heavy atom. The van der Waals surface area contributed by atoms with Gasteiger partial charge in [0.25, 0.3) is 5.91 Å². The first kappa shape index (κ1) is 19.0. The first-order valence-electron chi connectivity index (χ1n) is 10.6. The van der Waals surface area contributed by atoms with Crippen LogP contribution in [-0.2, 0) is 19.3 Å². The number of piperidine rings is 1. The van der Waals surface area contributed by atoms with Gasteiger partial charge in [0, 0.05) is 49.0 Å². The van der Waals surface area contributed by atoms with Gasteiger partial charge in [0.1, 0.15) is 5.82 Å². The van der Waals surface area contributed by atoms with Crippen molar-refractivity contribution in [3.05, 3.63) is 58.1 Å². The van der Waals surface area contributed by atoms with E-state index in [4.69, 9.17) is 11.6 Å². The highest BCUT2D eigenvalue weighted by Gasteiger charge is 2.48. The molecule has 1 atom stereocenters. The van der Waals surface area contributed by atoms with Crippen LogP contribution in [0.15, 0.2) is 30.6 Å². The second kappa shape index (κ2) is 7.37. The molecule has 1 amide bonds. The Bertz CT molecular complexity index is 921. The molecular weight excluding hydrogens is 384 g/mol. The molecule has 1 spiro atoms. The molecule has 2 fully saturated rings. The number of carbonyl (C=O) groups is 1. The molecule has 1 unspecified atom stereocenters. The molecule has 1 aromatic heterocycles. The highest BCUT2D eigenvalue weighted by molar-refractivity contribution is 6.30. The molecule has 29 heavy (non-hydrogen) atoms. The van der Waals surface area contributed by atoms with E-state index < -0.39 is 0 Å². The Hall–Kier alpha value is -1.98. The van der Waals surface area contributed by atoms with Gasteiger partial charge in [-0.1, -0.05) is 17.7 Å². The monoisotopic (exact) mass is 410 g/mol. The second-order valence-corrected chi connectivity index (χ2v) is 9.45. The van der Waals surface area contributed by atoms with Crippen LogP contribution in [0.3, 0.4) is 0 Å². The summed E-state index contributed by atoms with van der Waals surface area (Å²) in [5.74, 6) is 1.42. The molecule has 2 aliphatic heterocycles. The first-order valence-corrected chi connectivity index (χ1v) is 11.0. The van der Waals surface area contributed by atoms with Gasteiger partial charge < -0.3 is 9.80 Å². The third-order valence-corrected chi connectivity index (χ3v) is 7.38. The summed E-state index contributed by atoms with van der Waals surface area (Å²) in [6.07, 6.45) is 9.61. The van der Waals surface area contributed by atoms with Crippen LogP contribution in [0.2, 0.25) is 5.02 Å². The molecule has 3 heterocycles. The summed E-state index contributed by atoms with van der Waals surface area (Å²) in [6, 6.07) is 6.17. The lowest BCUT2D eigenvalue weighted by atomic mass is 9.76. The minimum Gasteiger partial charge on any atom is -0.333 e. The van der Waals surface area contributed by atoms with Crippen molar-refractivity contribution < 1.29 is 4.79 Å². The average Bonchev–Trinajstić information content (AvgIpc) is 3.09. The zero-order valence-corrected chi connectivity index (χ0v) is 17.7. The van der Waals surface area contributed by atoms with Gasteiger partial charge in [-0.15, -0.1) is 0 Å². The number of rotatable bonds is 3. The quantitative estimate of drug-likeness (QED) is 0.778. The Morgan fingerprint density at radius 2 is 1.79 bits per heavy atom. The highest BCUT2D eigenvalue weighted by Crippen LogP contribution is 2.40. The van der Waals surface area contributed by atoms with E-state index >= 15 is 0 Å². The van der Waals surface area contributed by atoms with Gasteiger partial charge in [0.2, 0.25) is 0 Å². The van der Waals surface area contributed by atoms with Crippen LogP contribution in [0.1, 0.15) is 46.6 Å². The molecule has 152 valence electrons. The Morgan fingerprint density at radius 1 is 1.10 bits per heavy atom. The molecule has 0 saturated carbocycles. The summed E-state index contributed by atoms with van der Waals surface area (Å²) in [5, 5.41) is 0.803. The molecule has 5 rings (SSSR count). The van der Waals surface area contributed by atoms with Crippen LogP contribution < -0.4 is 0 Å². The van der Waals surface area contributed by atoms with E-state index in [1.807, 2.05) is 6.07 Å². The van der Waals surface area contributed by atoms with Crippen LogP contribution in [0.5, 0.6) is 0 Å². The van der Waals surface area contributed by atoms with Crippen molar-refractivity contribution in [2.24, 2.45) is 5.92 Å². The maximum absolute atomic E-state index is 13.0. The summed E-state index contributed by atoms with van der Waals surface area (Å²) in [4.78, 5) is 26.5. The van der Waals surface area contributed by atoms with E-state index in [1.165, 1.54) is 11.1 Å². The number of aromatic nitrogens is 2. The van der Waals surface area contributed by atoms with E-state index in [0.29, 0.717) is 11.5 Å². The summed E-state index contributed by atoms with van der Waals surface area (Å²) in [7, 11) is 2.15. The fourth-order valence-corrected chi connectivity index (χ4v) is 5.41. The average molecular weight is 411 g/mol. The lowest BCUT2D eigenvalue weighted by Crippen LogP contribution is -2.65. The van der Waals surface area contributed by atoms with Gasteiger partial charge in [-0.05, 0) is 68.3 Å². The second-order valence-electron chi connectivity index (χ2n) is 9.01. The minimum absolute atomic E-state index is 0.0686. The molecule has 5 nitrogen and oxygen atoms in total. The van der Waals surface area contributed by atoms with E-state index in [1.54, 1.807) is 12.4 Å². The predicted molar refractivity (Wildman–Crippen MR) is 113 cm³/mol. The number of halogens is 1. The lowest BCUT2D eigenvalue weighted by Gasteiger charge is -2.56. The molecular formula is C23H27ClN4O. The molecule has 1 aliphatic carbocycles. The minimum atomic E-state index is 0.0686. The summed E-state index contributed by atoms with van der Waals surface area (Å²) >= 11 is 6.12. The number of hydrogen-bond donors (Lipinski definition) is 0. The smallest absolute Gasteiger partial charge is 0.257 e. The number of nitrogens with zero attached hydrogens (tertiary/aromatic N) is 4. The van der Waals surface area contributed by atoms with Crippen molar-refractivity contribution in [3.63, 3.8) is 0 Å². The Balaban J connectivity index is 1.22. The van der Waals surface area contributed by atoms with Crippen molar-refractivity contribution in [2.75, 3.05) is 26.7 Å². The fourth-order valence-electron chi connectivity index (χ4n) is 5.22. The number of benzene rings is 1. The number of carbonyl (C=O) groups excluding carboxylic acids is 1. The zero-order valence-electron chi connectivity index (χ0n) is 16.9. The zero-order chi connectivity index (χ0) is 20.0. The predicted octanol–water partition coefficient (Wildman–Crippen LogP) is 3.40. The molecule has 6 heteroatoms.